The van der Waals surface area contributed by atoms with E-state index >= 15 is 0 Å². The molecule has 0 unspecified atom stereocenters. The second-order valence-corrected chi connectivity index (χ2v) is 31.3. The van der Waals surface area contributed by atoms with Crippen molar-refractivity contribution in [1.82, 2.24) is 28.2 Å². The van der Waals surface area contributed by atoms with E-state index in [9.17, 15) is 0 Å². The van der Waals surface area contributed by atoms with Gasteiger partial charge < -0.3 is 18.3 Å². The number of fused-ring (bicyclic) bond motifs is 13. The van der Waals surface area contributed by atoms with Crippen LogP contribution < -0.4 is 0 Å². The van der Waals surface area contributed by atoms with Gasteiger partial charge in [-0.25, -0.2) is 9.97 Å². The van der Waals surface area contributed by atoms with E-state index in [1.807, 2.05) is 0 Å². The zero-order valence-electron chi connectivity index (χ0n) is 56.2. The number of nitrogens with zero attached hydrogens (tertiary/aromatic N) is 6. The lowest BCUT2D eigenvalue weighted by atomic mass is 9.86. The number of pyridine rings is 1. The first-order valence-electron chi connectivity index (χ1n) is 33.5. The van der Waals surface area contributed by atoms with Crippen molar-refractivity contribution in [3.8, 4) is 55.8 Å². The minimum absolute atomic E-state index is 0.125. The van der Waals surface area contributed by atoms with Crippen LogP contribution in [-0.4, -0.2) is 28.2 Å². The molecule has 0 atom stereocenters. The summed E-state index contributed by atoms with van der Waals surface area (Å²) in [6.45, 7) is 27.9. The van der Waals surface area contributed by atoms with Gasteiger partial charge in [-0.15, -0.1) is 11.3 Å². The Morgan fingerprint density at radius 2 is 0.589 bits per heavy atom. The molecule has 0 spiro atoms. The van der Waals surface area contributed by atoms with Crippen LogP contribution in [0.4, 0.5) is 0 Å². The Kier molecular flexibility index (Phi) is 13.0. The van der Waals surface area contributed by atoms with Gasteiger partial charge in [0.25, 0.3) is 0 Å². The van der Waals surface area contributed by atoms with E-state index in [1.54, 1.807) is 11.3 Å². The molecular weight excluding hydrogens is 1170 g/mol. The molecule has 464 valence electrons. The van der Waals surface area contributed by atoms with Crippen molar-refractivity contribution in [2.24, 2.45) is 0 Å². The van der Waals surface area contributed by atoms with Gasteiger partial charge in [0.15, 0.2) is 0 Å². The molecule has 6 heterocycles. The molecule has 0 amide bonds. The molecule has 6 nitrogen and oxygen atoms in total. The van der Waals surface area contributed by atoms with Gasteiger partial charge in [0.2, 0.25) is 0 Å². The topological polar surface area (TPSA) is 45.5 Å². The van der Waals surface area contributed by atoms with Gasteiger partial charge in [-0.05, 0) is 141 Å². The monoisotopic (exact) mass is 1250 g/mol. The van der Waals surface area contributed by atoms with Crippen LogP contribution in [0, 0.1) is 0 Å². The van der Waals surface area contributed by atoms with Gasteiger partial charge in [-0.2, -0.15) is 0 Å². The minimum Gasteiger partial charge on any atom is -0.306 e. The fraction of sp³-hybridized carbons (Fsp3) is 0.182. The van der Waals surface area contributed by atoms with Gasteiger partial charge >= 0.3 is 0 Å². The van der Waals surface area contributed by atoms with Crippen LogP contribution in [0.15, 0.2) is 243 Å². The molecule has 17 rings (SSSR count). The molecule has 95 heavy (non-hydrogen) atoms. The summed E-state index contributed by atoms with van der Waals surface area (Å²) in [5, 5.41) is 10.3. The number of aromatic nitrogens is 6. The van der Waals surface area contributed by atoms with Crippen LogP contribution >= 0.6 is 11.3 Å². The van der Waals surface area contributed by atoms with Crippen molar-refractivity contribution in [1.29, 1.82) is 0 Å². The first-order chi connectivity index (χ1) is 45.7. The summed E-state index contributed by atoms with van der Waals surface area (Å²) in [7, 11) is 0. The lowest BCUT2D eigenvalue weighted by Crippen LogP contribution is -2.17. The lowest BCUT2D eigenvalue weighted by molar-refractivity contribution is 0.591. The summed E-state index contributed by atoms with van der Waals surface area (Å²) >= 11 is 1.76. The third kappa shape index (κ3) is 9.17. The van der Waals surface area contributed by atoms with Crippen molar-refractivity contribution in [3.05, 3.63) is 265 Å². The van der Waals surface area contributed by atoms with E-state index in [-0.39, 0.29) is 21.7 Å². The third-order valence-corrected chi connectivity index (χ3v) is 21.1. The predicted octanol–water partition coefficient (Wildman–Crippen LogP) is 24.3. The fourth-order valence-electron chi connectivity index (χ4n) is 15.1. The molecular formula is C88H76N6S. The summed E-state index contributed by atoms with van der Waals surface area (Å²) in [5.41, 5.74) is 23.0. The Morgan fingerprint density at radius 3 is 0.979 bits per heavy atom. The Hall–Kier alpha value is -10.3. The second kappa shape index (κ2) is 21.1. The lowest BCUT2D eigenvalue weighted by Gasteiger charge is -2.30. The Balaban J connectivity index is 1.25. The average molecular weight is 1250 g/mol. The van der Waals surface area contributed by atoms with Crippen molar-refractivity contribution in [2.45, 2.75) is 105 Å². The highest BCUT2D eigenvalue weighted by Crippen LogP contribution is 2.56. The van der Waals surface area contributed by atoms with E-state index in [0.717, 1.165) is 110 Å². The average Bonchev–Trinajstić information content (AvgIpc) is 1.58. The highest BCUT2D eigenvalue weighted by molar-refractivity contribution is 7.21. The maximum atomic E-state index is 6.06. The summed E-state index contributed by atoms with van der Waals surface area (Å²) in [6, 6.07) is 91.5. The molecule has 6 aromatic heterocycles. The zero-order chi connectivity index (χ0) is 65.2. The first kappa shape index (κ1) is 58.5. The van der Waals surface area contributed by atoms with Crippen LogP contribution in [0.2, 0.25) is 0 Å². The Labute approximate surface area is 559 Å². The summed E-state index contributed by atoms with van der Waals surface area (Å²) in [4.78, 5) is 12.0. The molecule has 17 aromatic rings. The molecule has 0 saturated carbocycles. The standard InChI is InChI=1S/C88H76N6S/c1-85(2,3)54-41-45-73-62(49-54)58-29-16-21-36-69(58)91(73)80-78(68-35-26-34-66(89-68)53-27-14-13-15-28-53)79(84-90-67-33-20-25-40-77(67)95-84)81(92-70-37-22-17-30-59(70)63-50-55(86(4,5)6)42-46-74(63)92)83(94-72-39-24-19-32-61(72)65-52-57(88(10,11)12)44-48-76(65)94)82(80)93-71-38-23-18-31-60(71)64-51-56(87(7,8)9)43-47-75(64)93/h13-52H,1-12H3. The van der Waals surface area contributed by atoms with E-state index in [1.165, 1.54) is 65.3 Å². The molecule has 0 radical (unpaired) electrons. The highest BCUT2D eigenvalue weighted by atomic mass is 32.1. The Morgan fingerprint density at radius 1 is 0.263 bits per heavy atom. The van der Waals surface area contributed by atoms with E-state index in [0.29, 0.717) is 0 Å². The van der Waals surface area contributed by atoms with Gasteiger partial charge in [0.1, 0.15) is 5.01 Å². The van der Waals surface area contributed by atoms with Crippen LogP contribution in [0.5, 0.6) is 0 Å². The van der Waals surface area contributed by atoms with E-state index in [2.05, 4.69) is 344 Å². The molecule has 0 saturated heterocycles. The molecule has 0 aliphatic heterocycles. The summed E-state index contributed by atoms with van der Waals surface area (Å²) in [5.74, 6) is 0. The molecule has 0 fully saturated rings. The second-order valence-electron chi connectivity index (χ2n) is 30.2. The van der Waals surface area contributed by atoms with E-state index < -0.39 is 0 Å². The number of hydrogen-bond donors (Lipinski definition) is 0. The fourth-order valence-corrected chi connectivity index (χ4v) is 16.1. The molecule has 0 aliphatic rings. The third-order valence-electron chi connectivity index (χ3n) is 20.0. The maximum Gasteiger partial charge on any atom is 0.127 e. The quantitative estimate of drug-likeness (QED) is 0.160. The zero-order valence-corrected chi connectivity index (χ0v) is 57.0. The number of benzene rings is 11. The Bertz CT molecular complexity index is 5980. The molecule has 0 N–H and O–H groups in total. The van der Waals surface area contributed by atoms with Gasteiger partial charge in [0, 0.05) is 59.8 Å². The maximum absolute atomic E-state index is 6.06. The minimum atomic E-state index is -0.129. The molecule has 0 bridgehead atoms. The number of thiazole rings is 1. The summed E-state index contributed by atoms with van der Waals surface area (Å²) < 4.78 is 11.7. The van der Waals surface area contributed by atoms with Crippen molar-refractivity contribution < 1.29 is 0 Å². The largest absolute Gasteiger partial charge is 0.306 e. The normalized spacial score (nSPS) is 12.8. The van der Waals surface area contributed by atoms with Crippen molar-refractivity contribution in [2.75, 3.05) is 0 Å². The smallest absolute Gasteiger partial charge is 0.127 e. The number of rotatable bonds is 7. The van der Waals surface area contributed by atoms with Crippen molar-refractivity contribution in [3.63, 3.8) is 0 Å². The van der Waals surface area contributed by atoms with E-state index in [4.69, 9.17) is 9.97 Å². The first-order valence-corrected chi connectivity index (χ1v) is 34.3. The SMILES string of the molecule is CC(C)(C)c1ccc2c(c1)c1ccccc1n2-c1c(-c2cccc(-c3ccccc3)n2)c(-c2nc3ccccc3s2)c(-n2c3ccccc3c3cc(C(C)(C)C)ccc32)c(-n2c3ccccc3c3cc(C(C)(C)C)ccc32)c1-n1c2ccccc2c2cc(C(C)(C)C)ccc21. The predicted molar refractivity (Wildman–Crippen MR) is 406 cm³/mol. The number of para-hydroxylation sites is 5. The molecule has 7 heteroatoms. The van der Waals surface area contributed by atoms with Crippen LogP contribution in [-0.2, 0) is 21.7 Å². The summed E-state index contributed by atoms with van der Waals surface area (Å²) in [6.07, 6.45) is 0. The van der Waals surface area contributed by atoms with Crippen LogP contribution in [0.25, 0.3) is 153 Å². The van der Waals surface area contributed by atoms with Gasteiger partial charge in [-0.1, -0.05) is 229 Å². The molecule has 0 aliphatic carbocycles. The molecule has 11 aromatic carbocycles. The number of hydrogen-bond acceptors (Lipinski definition) is 3. The van der Waals surface area contributed by atoms with Gasteiger partial charge in [0.05, 0.1) is 88.5 Å². The highest BCUT2D eigenvalue weighted by Gasteiger charge is 2.38. The van der Waals surface area contributed by atoms with Crippen LogP contribution in [0.1, 0.15) is 105 Å². The van der Waals surface area contributed by atoms with Crippen molar-refractivity contribution >= 4 is 109 Å². The van der Waals surface area contributed by atoms with Gasteiger partial charge in [-0.3, -0.25) is 0 Å². The van der Waals surface area contributed by atoms with Crippen LogP contribution in [0.3, 0.4) is 0 Å².